The van der Waals surface area contributed by atoms with E-state index in [0.717, 1.165) is 35.3 Å². The van der Waals surface area contributed by atoms with Crippen LogP contribution in [0.15, 0.2) is 48.5 Å². The SMILES string of the molecule is Cc1ccc2c(c1)CCCN2C(=O)C(=O)c1c(C)nn(-c2ccccc2)c1C. The van der Waals surface area contributed by atoms with E-state index in [1.807, 2.05) is 56.3 Å². The van der Waals surface area contributed by atoms with Gasteiger partial charge in [-0.2, -0.15) is 5.10 Å². The molecule has 3 aromatic rings. The molecule has 2 aromatic carbocycles. The standard InChI is InChI=1S/C23H23N3O2/c1-15-11-12-20-18(14-15)8-7-13-25(20)23(28)22(27)21-16(2)24-26(17(21)3)19-9-5-4-6-10-19/h4-6,9-12,14H,7-8,13H2,1-3H3. The zero-order chi connectivity index (χ0) is 19.8. The average Bonchev–Trinajstić information content (AvgIpc) is 3.01. The highest BCUT2D eigenvalue weighted by Gasteiger charge is 2.31. The lowest BCUT2D eigenvalue weighted by Crippen LogP contribution is -2.40. The van der Waals surface area contributed by atoms with Gasteiger partial charge in [0, 0.05) is 12.2 Å². The van der Waals surface area contributed by atoms with Crippen molar-refractivity contribution in [3.8, 4) is 5.69 Å². The molecule has 1 aliphatic rings. The lowest BCUT2D eigenvalue weighted by atomic mass is 9.98. The molecule has 4 rings (SSSR count). The Hall–Kier alpha value is -3.21. The van der Waals surface area contributed by atoms with Crippen LogP contribution in [0.1, 0.15) is 39.3 Å². The van der Waals surface area contributed by atoms with Gasteiger partial charge in [0.25, 0.3) is 11.7 Å². The van der Waals surface area contributed by atoms with E-state index in [0.29, 0.717) is 23.5 Å². The van der Waals surface area contributed by atoms with Gasteiger partial charge in [0.2, 0.25) is 0 Å². The van der Waals surface area contributed by atoms with E-state index < -0.39 is 11.7 Å². The Bertz CT molecular complexity index is 1070. The maximum absolute atomic E-state index is 13.2. The number of benzene rings is 2. The number of aromatic nitrogens is 2. The number of ketones is 1. The molecule has 0 fully saturated rings. The Morgan fingerprint density at radius 1 is 1.00 bits per heavy atom. The zero-order valence-electron chi connectivity index (χ0n) is 16.4. The van der Waals surface area contributed by atoms with Crippen molar-refractivity contribution in [2.75, 3.05) is 11.4 Å². The fourth-order valence-electron chi connectivity index (χ4n) is 3.96. The summed E-state index contributed by atoms with van der Waals surface area (Å²) < 4.78 is 1.73. The van der Waals surface area contributed by atoms with E-state index in [1.165, 1.54) is 0 Å². The van der Waals surface area contributed by atoms with E-state index in [9.17, 15) is 9.59 Å². The Morgan fingerprint density at radius 3 is 2.50 bits per heavy atom. The fourth-order valence-corrected chi connectivity index (χ4v) is 3.96. The molecule has 1 amide bonds. The van der Waals surface area contributed by atoms with Gasteiger partial charge in [-0.05, 0) is 57.4 Å². The molecule has 0 N–H and O–H groups in total. The molecule has 28 heavy (non-hydrogen) atoms. The van der Waals surface area contributed by atoms with Crippen LogP contribution in [-0.4, -0.2) is 28.0 Å². The summed E-state index contributed by atoms with van der Waals surface area (Å²) in [6.07, 6.45) is 1.79. The summed E-state index contributed by atoms with van der Waals surface area (Å²) in [4.78, 5) is 27.9. The monoisotopic (exact) mass is 373 g/mol. The summed E-state index contributed by atoms with van der Waals surface area (Å²) in [5.74, 6) is -0.978. The summed E-state index contributed by atoms with van der Waals surface area (Å²) in [5.41, 5.74) is 5.66. The van der Waals surface area contributed by atoms with E-state index in [-0.39, 0.29) is 0 Å². The molecule has 0 saturated carbocycles. The largest absolute Gasteiger partial charge is 0.305 e. The number of nitrogens with zero attached hydrogens (tertiary/aromatic N) is 3. The van der Waals surface area contributed by atoms with Gasteiger partial charge >= 0.3 is 0 Å². The van der Waals surface area contributed by atoms with Crippen LogP contribution in [0.2, 0.25) is 0 Å². The van der Waals surface area contributed by atoms with Gasteiger partial charge in [-0.15, -0.1) is 0 Å². The van der Waals surface area contributed by atoms with Crippen LogP contribution in [0.4, 0.5) is 5.69 Å². The Morgan fingerprint density at radius 2 is 1.75 bits per heavy atom. The smallest absolute Gasteiger partial charge is 0.299 e. The molecule has 2 heterocycles. The van der Waals surface area contributed by atoms with Crippen LogP contribution in [0, 0.1) is 20.8 Å². The molecule has 142 valence electrons. The topological polar surface area (TPSA) is 55.2 Å². The Labute approximate surface area is 164 Å². The van der Waals surface area contributed by atoms with Crippen molar-refractivity contribution in [2.45, 2.75) is 33.6 Å². The van der Waals surface area contributed by atoms with Crippen LogP contribution in [-0.2, 0) is 11.2 Å². The predicted molar refractivity (Wildman–Crippen MR) is 109 cm³/mol. The minimum Gasteiger partial charge on any atom is -0.305 e. The highest BCUT2D eigenvalue weighted by atomic mass is 16.2. The predicted octanol–water partition coefficient (Wildman–Crippen LogP) is 3.96. The van der Waals surface area contributed by atoms with Gasteiger partial charge in [-0.25, -0.2) is 4.68 Å². The molecule has 0 saturated heterocycles. The van der Waals surface area contributed by atoms with E-state index in [1.54, 1.807) is 16.5 Å². The van der Waals surface area contributed by atoms with Crippen LogP contribution < -0.4 is 4.90 Å². The highest BCUT2D eigenvalue weighted by molar-refractivity contribution is 6.47. The van der Waals surface area contributed by atoms with E-state index >= 15 is 0 Å². The van der Waals surface area contributed by atoms with Crippen molar-refractivity contribution in [2.24, 2.45) is 0 Å². The second kappa shape index (κ2) is 7.08. The lowest BCUT2D eigenvalue weighted by molar-refractivity contribution is -0.114. The first-order valence-electron chi connectivity index (χ1n) is 9.54. The minimum atomic E-state index is -0.495. The number of hydrogen-bond donors (Lipinski definition) is 0. The third-order valence-corrected chi connectivity index (χ3v) is 5.31. The normalized spacial score (nSPS) is 13.3. The maximum atomic E-state index is 13.2. The van der Waals surface area contributed by atoms with Crippen molar-refractivity contribution >= 4 is 17.4 Å². The number of carbonyl (C=O) groups is 2. The van der Waals surface area contributed by atoms with E-state index in [2.05, 4.69) is 11.2 Å². The first-order chi connectivity index (χ1) is 13.5. The number of fused-ring (bicyclic) bond motifs is 1. The van der Waals surface area contributed by atoms with Gasteiger partial charge in [0.1, 0.15) is 0 Å². The molecule has 0 spiro atoms. The van der Waals surface area contributed by atoms with Crippen molar-refractivity contribution in [1.29, 1.82) is 0 Å². The number of anilines is 1. The molecule has 0 radical (unpaired) electrons. The van der Waals surface area contributed by atoms with Crippen molar-refractivity contribution in [1.82, 2.24) is 9.78 Å². The molecular formula is C23H23N3O2. The third kappa shape index (κ3) is 3.03. The molecule has 1 aliphatic heterocycles. The number of hydrogen-bond acceptors (Lipinski definition) is 3. The quantitative estimate of drug-likeness (QED) is 0.516. The molecule has 0 atom stereocenters. The third-order valence-electron chi connectivity index (χ3n) is 5.31. The van der Waals surface area contributed by atoms with Crippen LogP contribution in [0.25, 0.3) is 5.69 Å². The van der Waals surface area contributed by atoms with Gasteiger partial charge in [-0.3, -0.25) is 9.59 Å². The number of carbonyl (C=O) groups excluding carboxylic acids is 2. The second-order valence-corrected chi connectivity index (χ2v) is 7.31. The highest BCUT2D eigenvalue weighted by Crippen LogP contribution is 2.29. The second-order valence-electron chi connectivity index (χ2n) is 7.31. The van der Waals surface area contributed by atoms with Crippen LogP contribution >= 0.6 is 0 Å². The van der Waals surface area contributed by atoms with Gasteiger partial charge < -0.3 is 4.90 Å². The maximum Gasteiger partial charge on any atom is 0.299 e. The zero-order valence-corrected chi connectivity index (χ0v) is 16.4. The number of rotatable bonds is 3. The summed E-state index contributed by atoms with van der Waals surface area (Å²) in [6, 6.07) is 15.7. The summed E-state index contributed by atoms with van der Waals surface area (Å²) in [5, 5.41) is 4.51. The van der Waals surface area contributed by atoms with Crippen molar-refractivity contribution in [3.05, 3.63) is 76.6 Å². The van der Waals surface area contributed by atoms with Crippen LogP contribution in [0.5, 0.6) is 0 Å². The lowest BCUT2D eigenvalue weighted by Gasteiger charge is -2.29. The fraction of sp³-hybridized carbons (Fsp3) is 0.261. The molecule has 0 unspecified atom stereocenters. The number of para-hydroxylation sites is 1. The first-order valence-corrected chi connectivity index (χ1v) is 9.54. The summed E-state index contributed by atoms with van der Waals surface area (Å²) in [6.45, 7) is 6.21. The van der Waals surface area contributed by atoms with Crippen molar-refractivity contribution in [3.63, 3.8) is 0 Å². The molecule has 5 heteroatoms. The van der Waals surface area contributed by atoms with Crippen molar-refractivity contribution < 1.29 is 9.59 Å². The summed E-state index contributed by atoms with van der Waals surface area (Å²) in [7, 11) is 0. The van der Waals surface area contributed by atoms with Crippen LogP contribution in [0.3, 0.4) is 0 Å². The number of aryl methyl sites for hydroxylation is 3. The Balaban J connectivity index is 1.70. The van der Waals surface area contributed by atoms with E-state index in [4.69, 9.17) is 0 Å². The summed E-state index contributed by atoms with van der Waals surface area (Å²) >= 11 is 0. The molecular weight excluding hydrogens is 350 g/mol. The number of Topliss-reactive ketones (excluding diaryl/α,β-unsaturated/α-hetero) is 1. The molecule has 0 bridgehead atoms. The molecule has 5 nitrogen and oxygen atoms in total. The number of amides is 1. The molecule has 0 aliphatic carbocycles. The Kier molecular flexibility index (Phi) is 4.59. The first kappa shape index (κ1) is 18.2. The van der Waals surface area contributed by atoms with Gasteiger partial charge in [0.05, 0.1) is 22.6 Å². The average molecular weight is 373 g/mol. The van der Waals surface area contributed by atoms with Gasteiger partial charge in [-0.1, -0.05) is 35.9 Å². The van der Waals surface area contributed by atoms with Gasteiger partial charge in [0.15, 0.2) is 0 Å². The minimum absolute atomic E-state index is 0.396. The molecule has 1 aromatic heterocycles.